The first-order chi connectivity index (χ1) is 16.2. The summed E-state index contributed by atoms with van der Waals surface area (Å²) in [6.45, 7) is 5.98. The maximum Gasteiger partial charge on any atom is 0.232 e. The van der Waals surface area contributed by atoms with E-state index in [0.717, 1.165) is 35.5 Å². The van der Waals surface area contributed by atoms with Crippen LogP contribution < -0.4 is 15.5 Å². The molecule has 2 N–H and O–H groups in total. The molecule has 0 radical (unpaired) electrons. The van der Waals surface area contributed by atoms with E-state index in [9.17, 15) is 9.59 Å². The lowest BCUT2D eigenvalue weighted by Gasteiger charge is -2.24. The number of aromatic nitrogens is 2. The molecule has 3 heterocycles. The Hall–Kier alpha value is -3.32. The number of imidazole rings is 1. The highest BCUT2D eigenvalue weighted by atomic mass is 35.5. The molecule has 8 heteroatoms. The SMILES string of the molecule is CC1(C)CN(C(=O)[C@H]2CC(=O)N(c3cccc(N)c3)C2)c2cc(Cl)c(CCn3ccnc3)cc21. The maximum absolute atomic E-state index is 13.6. The third-order valence-electron chi connectivity index (χ3n) is 6.86. The third kappa shape index (κ3) is 4.05. The highest BCUT2D eigenvalue weighted by molar-refractivity contribution is 6.31. The van der Waals surface area contributed by atoms with Gasteiger partial charge in [-0.3, -0.25) is 9.59 Å². The second-order valence-corrected chi connectivity index (χ2v) is 10.2. The number of benzene rings is 2. The van der Waals surface area contributed by atoms with Crippen LogP contribution in [0.1, 0.15) is 31.4 Å². The number of anilines is 3. The van der Waals surface area contributed by atoms with Gasteiger partial charge >= 0.3 is 0 Å². The molecule has 2 aliphatic heterocycles. The van der Waals surface area contributed by atoms with Crippen molar-refractivity contribution in [1.29, 1.82) is 0 Å². The van der Waals surface area contributed by atoms with E-state index in [1.807, 2.05) is 33.9 Å². The number of carbonyl (C=O) groups excluding carboxylic acids is 2. The first-order valence-electron chi connectivity index (χ1n) is 11.5. The summed E-state index contributed by atoms with van der Waals surface area (Å²) >= 11 is 6.68. The van der Waals surface area contributed by atoms with Crippen LogP contribution >= 0.6 is 11.6 Å². The van der Waals surface area contributed by atoms with E-state index in [1.54, 1.807) is 29.6 Å². The first kappa shape index (κ1) is 22.5. The Morgan fingerprint density at radius 2 is 2.09 bits per heavy atom. The highest BCUT2D eigenvalue weighted by Gasteiger charge is 2.44. The van der Waals surface area contributed by atoms with E-state index in [4.69, 9.17) is 17.3 Å². The number of hydrogen-bond acceptors (Lipinski definition) is 4. The Kier molecular flexibility index (Phi) is 5.60. The Morgan fingerprint density at radius 1 is 1.26 bits per heavy atom. The van der Waals surface area contributed by atoms with Gasteiger partial charge in [-0.15, -0.1) is 0 Å². The predicted octanol–water partition coefficient (Wildman–Crippen LogP) is 4.04. The fourth-order valence-electron chi connectivity index (χ4n) is 5.03. The lowest BCUT2D eigenvalue weighted by Crippen LogP contribution is -2.39. The summed E-state index contributed by atoms with van der Waals surface area (Å²) in [5, 5.41) is 0.651. The van der Waals surface area contributed by atoms with Crippen molar-refractivity contribution in [2.75, 3.05) is 28.6 Å². The van der Waals surface area contributed by atoms with Crippen molar-refractivity contribution in [2.24, 2.45) is 5.92 Å². The largest absolute Gasteiger partial charge is 0.399 e. The van der Waals surface area contributed by atoms with Crippen molar-refractivity contribution in [3.8, 4) is 0 Å². The van der Waals surface area contributed by atoms with E-state index in [1.165, 1.54) is 0 Å². The monoisotopic (exact) mass is 477 g/mol. The molecule has 1 fully saturated rings. The van der Waals surface area contributed by atoms with Crippen molar-refractivity contribution >= 4 is 40.5 Å². The van der Waals surface area contributed by atoms with Crippen molar-refractivity contribution in [3.63, 3.8) is 0 Å². The zero-order chi connectivity index (χ0) is 24.0. The Labute approximate surface area is 204 Å². The molecule has 5 rings (SSSR count). The Morgan fingerprint density at radius 3 is 2.82 bits per heavy atom. The van der Waals surface area contributed by atoms with Crippen LogP contribution in [0.5, 0.6) is 0 Å². The quantitative estimate of drug-likeness (QED) is 0.562. The topological polar surface area (TPSA) is 84.5 Å². The van der Waals surface area contributed by atoms with Crippen LogP contribution in [0.15, 0.2) is 55.1 Å². The summed E-state index contributed by atoms with van der Waals surface area (Å²) in [6, 6.07) is 11.3. The van der Waals surface area contributed by atoms with Crippen LogP contribution in [0, 0.1) is 5.92 Å². The van der Waals surface area contributed by atoms with Gasteiger partial charge in [0.05, 0.1) is 12.2 Å². The third-order valence-corrected chi connectivity index (χ3v) is 7.21. The fraction of sp³-hybridized carbons (Fsp3) is 0.346. The van der Waals surface area contributed by atoms with Gasteiger partial charge in [-0.25, -0.2) is 4.98 Å². The van der Waals surface area contributed by atoms with Crippen molar-refractivity contribution in [3.05, 3.63) is 71.3 Å². The molecule has 0 unspecified atom stereocenters. The fourth-order valence-corrected chi connectivity index (χ4v) is 5.28. The van der Waals surface area contributed by atoms with Crippen LogP contribution in [0.4, 0.5) is 17.1 Å². The van der Waals surface area contributed by atoms with E-state index in [2.05, 4.69) is 24.9 Å². The summed E-state index contributed by atoms with van der Waals surface area (Å²) in [5.41, 5.74) is 10.0. The number of amides is 2. The molecule has 0 spiro atoms. The van der Waals surface area contributed by atoms with E-state index < -0.39 is 5.92 Å². The lowest BCUT2D eigenvalue weighted by atomic mass is 9.86. The molecule has 2 aliphatic rings. The van der Waals surface area contributed by atoms with Gasteiger partial charge in [0.2, 0.25) is 11.8 Å². The minimum Gasteiger partial charge on any atom is -0.399 e. The van der Waals surface area contributed by atoms with Gasteiger partial charge in [0.25, 0.3) is 0 Å². The Balaban J connectivity index is 1.38. The first-order valence-corrected chi connectivity index (χ1v) is 11.9. The van der Waals surface area contributed by atoms with Gasteiger partial charge in [-0.05, 0) is 41.8 Å². The molecule has 7 nitrogen and oxygen atoms in total. The van der Waals surface area contributed by atoms with Crippen molar-refractivity contribution < 1.29 is 9.59 Å². The van der Waals surface area contributed by atoms with E-state index in [0.29, 0.717) is 23.8 Å². The van der Waals surface area contributed by atoms with Gasteiger partial charge in [-0.1, -0.05) is 37.6 Å². The van der Waals surface area contributed by atoms with E-state index in [-0.39, 0.29) is 23.7 Å². The number of fused-ring (bicyclic) bond motifs is 1. The summed E-state index contributed by atoms with van der Waals surface area (Å²) in [5.74, 6) is -0.500. The lowest BCUT2D eigenvalue weighted by molar-refractivity contribution is -0.124. The molecule has 3 aromatic rings. The minimum atomic E-state index is -0.407. The van der Waals surface area contributed by atoms with Gasteiger partial charge in [0.1, 0.15) is 0 Å². The van der Waals surface area contributed by atoms with Gasteiger partial charge in [0.15, 0.2) is 0 Å². The minimum absolute atomic E-state index is 0.0335. The number of nitrogen functional groups attached to an aromatic ring is 1. The summed E-state index contributed by atoms with van der Waals surface area (Å²) in [4.78, 5) is 33.9. The molecule has 0 bridgehead atoms. The second kappa shape index (κ2) is 8.47. The molecule has 0 saturated carbocycles. The molecule has 34 heavy (non-hydrogen) atoms. The maximum atomic E-state index is 13.6. The number of nitrogens with zero attached hydrogens (tertiary/aromatic N) is 4. The number of nitrogens with two attached hydrogens (primary N) is 1. The summed E-state index contributed by atoms with van der Waals surface area (Å²) < 4.78 is 2.02. The number of halogens is 1. The molecule has 0 aliphatic carbocycles. The van der Waals surface area contributed by atoms with Crippen LogP contribution in [0.2, 0.25) is 5.02 Å². The molecule has 1 atom stereocenters. The summed E-state index contributed by atoms with van der Waals surface area (Å²) in [6.07, 6.45) is 6.46. The normalized spacial score (nSPS) is 19.0. The van der Waals surface area contributed by atoms with Crippen LogP contribution in [-0.4, -0.2) is 34.5 Å². The van der Waals surface area contributed by atoms with Gasteiger partial charge < -0.3 is 20.1 Å². The van der Waals surface area contributed by atoms with Crippen molar-refractivity contribution in [2.45, 2.75) is 38.6 Å². The van der Waals surface area contributed by atoms with Gasteiger partial charge in [0, 0.05) is 65.9 Å². The number of rotatable bonds is 5. The number of aryl methyl sites for hydroxylation is 2. The molecule has 1 aromatic heterocycles. The highest BCUT2D eigenvalue weighted by Crippen LogP contribution is 2.44. The molecule has 1 saturated heterocycles. The summed E-state index contributed by atoms with van der Waals surface area (Å²) in [7, 11) is 0. The number of carbonyl (C=O) groups is 2. The van der Waals surface area contributed by atoms with E-state index >= 15 is 0 Å². The molecular weight excluding hydrogens is 450 g/mol. The van der Waals surface area contributed by atoms with Gasteiger partial charge in [-0.2, -0.15) is 0 Å². The van der Waals surface area contributed by atoms with Crippen LogP contribution in [-0.2, 0) is 28.0 Å². The molecule has 176 valence electrons. The van der Waals surface area contributed by atoms with Crippen LogP contribution in [0.3, 0.4) is 0 Å². The zero-order valence-electron chi connectivity index (χ0n) is 19.4. The zero-order valence-corrected chi connectivity index (χ0v) is 20.1. The molecule has 2 amide bonds. The predicted molar refractivity (Wildman–Crippen MR) is 134 cm³/mol. The molecule has 2 aromatic carbocycles. The molecular formula is C26H28ClN5O2. The average Bonchev–Trinajstić information content (AvgIpc) is 3.50. The van der Waals surface area contributed by atoms with Crippen molar-refractivity contribution in [1.82, 2.24) is 9.55 Å². The smallest absolute Gasteiger partial charge is 0.232 e. The standard InChI is InChI=1S/C26H28ClN5O2/c1-26(2)15-32(23-13-22(27)17(10-21(23)26)6-8-30-9-7-29-16-30)25(34)18-11-24(33)31(14-18)20-5-3-4-19(28)12-20/h3-5,7,9-10,12-13,16,18H,6,8,11,14-15,28H2,1-2H3/t18-/m0/s1. The number of hydrogen-bond donors (Lipinski definition) is 1. The van der Waals surface area contributed by atoms with Crippen LogP contribution in [0.25, 0.3) is 0 Å². The average molecular weight is 478 g/mol. The Bertz CT molecular complexity index is 1250. The second-order valence-electron chi connectivity index (χ2n) is 9.82.